The Labute approximate surface area is 144 Å². The number of hydrogen-bond donors (Lipinski definition) is 2. The van der Waals surface area contributed by atoms with Gasteiger partial charge in [0, 0.05) is 35.5 Å². The van der Waals surface area contributed by atoms with Crippen LogP contribution in [-0.2, 0) is 0 Å². The number of rotatable bonds is 5. The molecule has 1 fully saturated rings. The molecule has 0 unspecified atom stereocenters. The Kier molecular flexibility index (Phi) is 4.51. The number of nitrogens with one attached hydrogen (secondary N) is 2. The van der Waals surface area contributed by atoms with Crippen LogP contribution in [0.3, 0.4) is 0 Å². The smallest absolute Gasteiger partial charge is 0.320 e. The van der Waals surface area contributed by atoms with Crippen molar-refractivity contribution in [3.8, 4) is 11.5 Å². The SMILES string of the molecule is Cc1c(Oc2ccnc(NC(=O)NC3CC3)c2)ccc([N+](=O)[O-])c1C. The number of benzene rings is 1. The highest BCUT2D eigenvalue weighted by Gasteiger charge is 2.23. The summed E-state index contributed by atoms with van der Waals surface area (Å²) in [5, 5.41) is 16.5. The van der Waals surface area contributed by atoms with Crippen LogP contribution < -0.4 is 15.4 Å². The summed E-state index contributed by atoms with van der Waals surface area (Å²) < 4.78 is 5.81. The second kappa shape index (κ2) is 6.76. The third kappa shape index (κ3) is 4.03. The molecule has 2 amide bonds. The molecule has 3 rings (SSSR count). The Morgan fingerprint density at radius 1 is 1.28 bits per heavy atom. The van der Waals surface area contributed by atoms with Gasteiger partial charge in [-0.3, -0.25) is 15.4 Å². The average molecular weight is 342 g/mol. The number of pyridine rings is 1. The fourth-order valence-electron chi connectivity index (χ4n) is 2.33. The van der Waals surface area contributed by atoms with Crippen LogP contribution in [0.15, 0.2) is 30.5 Å². The minimum atomic E-state index is -0.418. The number of anilines is 1. The van der Waals surface area contributed by atoms with E-state index in [1.165, 1.54) is 12.3 Å². The molecule has 0 bridgehead atoms. The minimum Gasteiger partial charge on any atom is -0.457 e. The summed E-state index contributed by atoms with van der Waals surface area (Å²) in [7, 11) is 0. The largest absolute Gasteiger partial charge is 0.457 e. The first-order valence-electron chi connectivity index (χ1n) is 7.90. The molecule has 1 aliphatic carbocycles. The van der Waals surface area contributed by atoms with Gasteiger partial charge in [-0.25, -0.2) is 9.78 Å². The predicted molar refractivity (Wildman–Crippen MR) is 92.1 cm³/mol. The molecule has 0 aliphatic heterocycles. The standard InChI is InChI=1S/C17H18N4O4/c1-10-11(2)15(6-5-14(10)21(23)24)25-13-7-8-18-16(9-13)20-17(22)19-12-3-4-12/h5-9,12H,3-4H2,1-2H3,(H2,18,19,20,22). The first kappa shape index (κ1) is 16.7. The van der Waals surface area contributed by atoms with Crippen LogP contribution >= 0.6 is 0 Å². The van der Waals surface area contributed by atoms with Crippen molar-refractivity contribution in [3.05, 3.63) is 51.7 Å². The number of ether oxygens (including phenoxy) is 1. The Balaban J connectivity index is 1.74. The van der Waals surface area contributed by atoms with Gasteiger partial charge in [0.05, 0.1) is 4.92 Å². The van der Waals surface area contributed by atoms with Crippen molar-refractivity contribution in [2.75, 3.05) is 5.32 Å². The molecule has 8 heteroatoms. The summed E-state index contributed by atoms with van der Waals surface area (Å²) in [4.78, 5) is 26.4. The van der Waals surface area contributed by atoms with Gasteiger partial charge in [0.15, 0.2) is 0 Å². The third-order valence-electron chi connectivity index (χ3n) is 4.02. The lowest BCUT2D eigenvalue weighted by molar-refractivity contribution is -0.385. The number of nitrogens with zero attached hydrogens (tertiary/aromatic N) is 2. The molecule has 2 N–H and O–H groups in total. The molecule has 1 heterocycles. The van der Waals surface area contributed by atoms with Gasteiger partial charge in [-0.2, -0.15) is 0 Å². The molecule has 130 valence electrons. The lowest BCUT2D eigenvalue weighted by atomic mass is 10.1. The van der Waals surface area contributed by atoms with Gasteiger partial charge in [-0.1, -0.05) is 0 Å². The van der Waals surface area contributed by atoms with E-state index in [0.717, 1.165) is 12.8 Å². The number of hydrogen-bond acceptors (Lipinski definition) is 5. The maximum Gasteiger partial charge on any atom is 0.320 e. The van der Waals surface area contributed by atoms with Crippen molar-refractivity contribution in [2.24, 2.45) is 0 Å². The highest BCUT2D eigenvalue weighted by Crippen LogP contribution is 2.32. The van der Waals surface area contributed by atoms with E-state index in [1.54, 1.807) is 32.0 Å². The molecular weight excluding hydrogens is 324 g/mol. The highest BCUT2D eigenvalue weighted by molar-refractivity contribution is 5.88. The van der Waals surface area contributed by atoms with E-state index in [4.69, 9.17) is 4.74 Å². The van der Waals surface area contributed by atoms with Crippen molar-refractivity contribution >= 4 is 17.5 Å². The highest BCUT2D eigenvalue weighted by atomic mass is 16.6. The average Bonchev–Trinajstić information content (AvgIpc) is 3.35. The summed E-state index contributed by atoms with van der Waals surface area (Å²) in [6, 6.07) is 6.19. The van der Waals surface area contributed by atoms with Crippen LogP contribution in [0, 0.1) is 24.0 Å². The van der Waals surface area contributed by atoms with E-state index in [0.29, 0.717) is 28.4 Å². The lowest BCUT2D eigenvalue weighted by Gasteiger charge is -2.12. The van der Waals surface area contributed by atoms with Gasteiger partial charge >= 0.3 is 6.03 Å². The fourth-order valence-corrected chi connectivity index (χ4v) is 2.33. The van der Waals surface area contributed by atoms with Crippen LogP contribution in [0.4, 0.5) is 16.3 Å². The van der Waals surface area contributed by atoms with E-state index < -0.39 is 4.92 Å². The lowest BCUT2D eigenvalue weighted by Crippen LogP contribution is -2.30. The van der Waals surface area contributed by atoms with Gasteiger partial charge in [-0.05, 0) is 38.8 Å². The Hall–Kier alpha value is -3.16. The quantitative estimate of drug-likeness (QED) is 0.637. The van der Waals surface area contributed by atoms with Crippen LogP contribution in [-0.4, -0.2) is 22.0 Å². The Morgan fingerprint density at radius 3 is 2.72 bits per heavy atom. The molecule has 0 saturated heterocycles. The van der Waals surface area contributed by atoms with Gasteiger partial charge < -0.3 is 10.1 Å². The van der Waals surface area contributed by atoms with Crippen molar-refractivity contribution in [2.45, 2.75) is 32.7 Å². The number of aromatic nitrogens is 1. The van der Waals surface area contributed by atoms with Gasteiger partial charge in [0.25, 0.3) is 5.69 Å². The van der Waals surface area contributed by atoms with Crippen LogP contribution in [0.2, 0.25) is 0 Å². The van der Waals surface area contributed by atoms with Crippen molar-refractivity contribution in [1.82, 2.24) is 10.3 Å². The molecule has 1 aromatic heterocycles. The first-order valence-corrected chi connectivity index (χ1v) is 7.90. The normalized spacial score (nSPS) is 13.2. The van der Waals surface area contributed by atoms with E-state index in [9.17, 15) is 14.9 Å². The second-order valence-corrected chi connectivity index (χ2v) is 5.94. The number of urea groups is 1. The first-order chi connectivity index (χ1) is 11.9. The topological polar surface area (TPSA) is 106 Å². The van der Waals surface area contributed by atoms with Gasteiger partial charge in [0.1, 0.15) is 17.3 Å². The van der Waals surface area contributed by atoms with E-state index in [-0.39, 0.29) is 17.8 Å². The summed E-state index contributed by atoms with van der Waals surface area (Å²) >= 11 is 0. The summed E-state index contributed by atoms with van der Waals surface area (Å²) in [6.07, 6.45) is 3.53. The molecule has 0 radical (unpaired) electrons. The van der Waals surface area contributed by atoms with Gasteiger partial charge in [-0.15, -0.1) is 0 Å². The summed E-state index contributed by atoms with van der Waals surface area (Å²) in [6.45, 7) is 3.45. The monoisotopic (exact) mass is 342 g/mol. The number of carbonyl (C=O) groups is 1. The number of carbonyl (C=O) groups excluding carboxylic acids is 1. The predicted octanol–water partition coefficient (Wildman–Crippen LogP) is 3.68. The summed E-state index contributed by atoms with van der Waals surface area (Å²) in [5.74, 6) is 1.36. The number of nitro groups is 1. The summed E-state index contributed by atoms with van der Waals surface area (Å²) in [5.41, 5.74) is 1.30. The molecule has 1 aliphatic rings. The number of nitro benzene ring substituents is 1. The van der Waals surface area contributed by atoms with Crippen molar-refractivity contribution in [1.29, 1.82) is 0 Å². The molecule has 25 heavy (non-hydrogen) atoms. The molecule has 1 saturated carbocycles. The zero-order chi connectivity index (χ0) is 18.0. The minimum absolute atomic E-state index is 0.0543. The number of amides is 2. The van der Waals surface area contributed by atoms with Crippen LogP contribution in [0.1, 0.15) is 24.0 Å². The van der Waals surface area contributed by atoms with E-state index >= 15 is 0 Å². The fraction of sp³-hybridized carbons (Fsp3) is 0.294. The van der Waals surface area contributed by atoms with Crippen LogP contribution in [0.25, 0.3) is 0 Å². The van der Waals surface area contributed by atoms with Crippen molar-refractivity contribution < 1.29 is 14.5 Å². The third-order valence-corrected chi connectivity index (χ3v) is 4.02. The Bertz CT molecular complexity index is 833. The van der Waals surface area contributed by atoms with Gasteiger partial charge in [0.2, 0.25) is 0 Å². The zero-order valence-electron chi connectivity index (χ0n) is 13.9. The zero-order valence-corrected chi connectivity index (χ0v) is 13.9. The van der Waals surface area contributed by atoms with E-state index in [2.05, 4.69) is 15.6 Å². The molecular formula is C17H18N4O4. The maximum atomic E-state index is 11.8. The van der Waals surface area contributed by atoms with Crippen LogP contribution in [0.5, 0.6) is 11.5 Å². The van der Waals surface area contributed by atoms with E-state index in [1.807, 2.05) is 0 Å². The maximum absolute atomic E-state index is 11.8. The second-order valence-electron chi connectivity index (χ2n) is 5.94. The molecule has 0 spiro atoms. The Morgan fingerprint density at radius 2 is 2.04 bits per heavy atom. The van der Waals surface area contributed by atoms with Crippen molar-refractivity contribution in [3.63, 3.8) is 0 Å². The molecule has 0 atom stereocenters. The molecule has 2 aromatic rings. The molecule has 8 nitrogen and oxygen atoms in total. The molecule has 1 aromatic carbocycles.